The minimum atomic E-state index is -0.374. The normalized spacial score (nSPS) is 10.7. The van der Waals surface area contributed by atoms with Crippen LogP contribution in [0.4, 0.5) is 4.39 Å². The quantitative estimate of drug-likeness (QED) is 0.565. The topological polar surface area (TPSA) is 30.2 Å². The van der Waals surface area contributed by atoms with Crippen LogP contribution in [0.2, 0.25) is 0 Å². The molecule has 2 aromatic rings. The molecule has 0 saturated heterocycles. The van der Waals surface area contributed by atoms with Crippen LogP contribution in [0, 0.1) is 12.7 Å². The number of hydrogen-bond acceptors (Lipinski definition) is 2. The van der Waals surface area contributed by atoms with Crippen molar-refractivity contribution in [3.8, 4) is 0 Å². The van der Waals surface area contributed by atoms with E-state index in [9.17, 15) is 4.39 Å². The van der Waals surface area contributed by atoms with E-state index in [2.05, 4.69) is 10.1 Å². The average Bonchev–Trinajstić information content (AvgIpc) is 2.27. The van der Waals surface area contributed by atoms with Crippen LogP contribution in [0.5, 0.6) is 0 Å². The van der Waals surface area contributed by atoms with Crippen molar-refractivity contribution in [2.45, 2.75) is 6.92 Å². The number of rotatable bonds is 0. The average molecular weight is 151 g/mol. The van der Waals surface area contributed by atoms with Crippen molar-refractivity contribution < 1.29 is 4.39 Å². The number of aryl methyl sites for hydroxylation is 1. The molecular formula is C7H6FN3. The SMILES string of the molecule is Cc1cc2ncc(F)cn2n1. The van der Waals surface area contributed by atoms with E-state index in [1.165, 1.54) is 16.9 Å². The molecule has 2 rings (SSSR count). The van der Waals surface area contributed by atoms with Gasteiger partial charge in [-0.15, -0.1) is 0 Å². The van der Waals surface area contributed by atoms with Crippen LogP contribution < -0.4 is 0 Å². The fourth-order valence-corrected chi connectivity index (χ4v) is 0.972. The molecule has 0 amide bonds. The molecule has 0 atom stereocenters. The molecule has 3 nitrogen and oxygen atoms in total. The molecule has 4 heteroatoms. The predicted molar refractivity (Wildman–Crippen MR) is 37.7 cm³/mol. The lowest BCUT2D eigenvalue weighted by Crippen LogP contribution is -1.90. The van der Waals surface area contributed by atoms with Crippen LogP contribution in [0.3, 0.4) is 0 Å². The second-order valence-electron chi connectivity index (χ2n) is 2.36. The molecule has 0 radical (unpaired) electrons. The van der Waals surface area contributed by atoms with Crippen LogP contribution in [0.25, 0.3) is 5.65 Å². The Morgan fingerprint density at radius 1 is 1.55 bits per heavy atom. The van der Waals surface area contributed by atoms with Crippen LogP contribution in [0.15, 0.2) is 18.5 Å². The standard InChI is InChI=1S/C7H6FN3/c1-5-2-7-9-3-6(8)4-11(7)10-5/h2-4H,1H3. The van der Waals surface area contributed by atoms with Gasteiger partial charge in [0, 0.05) is 6.07 Å². The maximum atomic E-state index is 12.5. The van der Waals surface area contributed by atoms with Crippen LogP contribution in [-0.4, -0.2) is 14.6 Å². The Kier molecular flexibility index (Phi) is 1.15. The first-order valence-electron chi connectivity index (χ1n) is 3.23. The first-order valence-corrected chi connectivity index (χ1v) is 3.23. The molecule has 0 spiro atoms. The minimum Gasteiger partial charge on any atom is -0.234 e. The second kappa shape index (κ2) is 2.02. The Morgan fingerprint density at radius 3 is 3.18 bits per heavy atom. The fourth-order valence-electron chi connectivity index (χ4n) is 0.972. The Bertz CT molecular complexity index is 393. The van der Waals surface area contributed by atoms with Crippen molar-refractivity contribution in [3.63, 3.8) is 0 Å². The lowest BCUT2D eigenvalue weighted by molar-refractivity contribution is 0.606. The van der Waals surface area contributed by atoms with Gasteiger partial charge in [0.15, 0.2) is 11.5 Å². The van der Waals surface area contributed by atoms with Crippen LogP contribution in [-0.2, 0) is 0 Å². The molecule has 0 aliphatic heterocycles. The van der Waals surface area contributed by atoms with Gasteiger partial charge in [-0.05, 0) is 6.92 Å². The third-order valence-electron chi connectivity index (χ3n) is 1.40. The third-order valence-corrected chi connectivity index (χ3v) is 1.40. The zero-order chi connectivity index (χ0) is 7.84. The van der Waals surface area contributed by atoms with Crippen molar-refractivity contribution in [2.75, 3.05) is 0 Å². The van der Waals surface area contributed by atoms with Gasteiger partial charge in [-0.25, -0.2) is 13.9 Å². The highest BCUT2D eigenvalue weighted by Crippen LogP contribution is 2.02. The lowest BCUT2D eigenvalue weighted by atomic mass is 10.5. The van der Waals surface area contributed by atoms with E-state index < -0.39 is 0 Å². The molecule has 0 bridgehead atoms. The van der Waals surface area contributed by atoms with Crippen LogP contribution >= 0.6 is 0 Å². The summed E-state index contributed by atoms with van der Waals surface area (Å²) < 4.78 is 13.9. The molecule has 0 aliphatic rings. The second-order valence-corrected chi connectivity index (χ2v) is 2.36. The van der Waals surface area contributed by atoms with E-state index in [4.69, 9.17) is 0 Å². The summed E-state index contributed by atoms with van der Waals surface area (Å²) in [6.07, 6.45) is 2.48. The molecule has 2 heterocycles. The molecular weight excluding hydrogens is 145 g/mol. The summed E-state index contributed by atoms with van der Waals surface area (Å²) in [7, 11) is 0. The van der Waals surface area contributed by atoms with Gasteiger partial charge in [0.25, 0.3) is 0 Å². The third kappa shape index (κ3) is 0.960. The molecule has 0 fully saturated rings. The van der Waals surface area contributed by atoms with E-state index in [0.29, 0.717) is 5.65 Å². The number of nitrogens with zero attached hydrogens (tertiary/aromatic N) is 3. The van der Waals surface area contributed by atoms with Gasteiger partial charge in [0.2, 0.25) is 0 Å². The zero-order valence-electron chi connectivity index (χ0n) is 5.95. The van der Waals surface area contributed by atoms with Crippen molar-refractivity contribution in [2.24, 2.45) is 0 Å². The summed E-state index contributed by atoms with van der Waals surface area (Å²) in [4.78, 5) is 3.83. The maximum Gasteiger partial charge on any atom is 0.159 e. The summed E-state index contributed by atoms with van der Waals surface area (Å²) in [6.45, 7) is 1.84. The fraction of sp³-hybridized carbons (Fsp3) is 0.143. The van der Waals surface area contributed by atoms with E-state index >= 15 is 0 Å². The van der Waals surface area contributed by atoms with Gasteiger partial charge in [-0.1, -0.05) is 0 Å². The maximum absolute atomic E-state index is 12.5. The van der Waals surface area contributed by atoms with E-state index in [-0.39, 0.29) is 5.82 Å². The summed E-state index contributed by atoms with van der Waals surface area (Å²) in [5.74, 6) is -0.374. The number of aromatic nitrogens is 3. The van der Waals surface area contributed by atoms with Crippen molar-refractivity contribution >= 4 is 5.65 Å². The number of hydrogen-bond donors (Lipinski definition) is 0. The Morgan fingerprint density at radius 2 is 2.36 bits per heavy atom. The zero-order valence-corrected chi connectivity index (χ0v) is 5.95. The van der Waals surface area contributed by atoms with Crippen molar-refractivity contribution in [1.82, 2.24) is 14.6 Å². The molecule has 0 N–H and O–H groups in total. The number of halogens is 1. The first-order chi connectivity index (χ1) is 5.25. The highest BCUT2D eigenvalue weighted by atomic mass is 19.1. The lowest BCUT2D eigenvalue weighted by Gasteiger charge is -1.89. The largest absolute Gasteiger partial charge is 0.234 e. The Balaban J connectivity index is 2.82. The minimum absolute atomic E-state index is 0.374. The Hall–Kier alpha value is -1.45. The molecule has 56 valence electrons. The van der Waals surface area contributed by atoms with Gasteiger partial charge in [0.1, 0.15) is 0 Å². The predicted octanol–water partition coefficient (Wildman–Crippen LogP) is 1.18. The van der Waals surface area contributed by atoms with Crippen molar-refractivity contribution in [1.29, 1.82) is 0 Å². The molecule has 0 unspecified atom stereocenters. The molecule has 0 aliphatic carbocycles. The van der Waals surface area contributed by atoms with E-state index in [0.717, 1.165) is 5.69 Å². The first kappa shape index (κ1) is 6.27. The highest BCUT2D eigenvalue weighted by molar-refractivity contribution is 5.37. The summed E-state index contributed by atoms with van der Waals surface area (Å²) in [5, 5.41) is 3.99. The monoisotopic (exact) mass is 151 g/mol. The van der Waals surface area contributed by atoms with Gasteiger partial charge >= 0.3 is 0 Å². The molecule has 2 aromatic heterocycles. The number of fused-ring (bicyclic) bond motifs is 1. The smallest absolute Gasteiger partial charge is 0.159 e. The Labute approximate surface area is 62.5 Å². The van der Waals surface area contributed by atoms with Crippen LogP contribution in [0.1, 0.15) is 5.69 Å². The highest BCUT2D eigenvalue weighted by Gasteiger charge is 1.98. The van der Waals surface area contributed by atoms with Gasteiger partial charge in [-0.2, -0.15) is 5.10 Å². The molecule has 0 aromatic carbocycles. The van der Waals surface area contributed by atoms with E-state index in [1.807, 2.05) is 6.92 Å². The van der Waals surface area contributed by atoms with Gasteiger partial charge in [0.05, 0.1) is 18.1 Å². The van der Waals surface area contributed by atoms with Gasteiger partial charge in [-0.3, -0.25) is 0 Å². The molecule has 11 heavy (non-hydrogen) atoms. The summed E-state index contributed by atoms with van der Waals surface area (Å²) >= 11 is 0. The molecule has 0 saturated carbocycles. The van der Waals surface area contributed by atoms with Crippen molar-refractivity contribution in [3.05, 3.63) is 30.0 Å². The summed E-state index contributed by atoms with van der Waals surface area (Å²) in [6, 6.07) is 1.79. The summed E-state index contributed by atoms with van der Waals surface area (Å²) in [5.41, 5.74) is 1.51. The van der Waals surface area contributed by atoms with Gasteiger partial charge < -0.3 is 0 Å². The van der Waals surface area contributed by atoms with E-state index in [1.54, 1.807) is 6.07 Å².